The number of nitrogen functional groups attached to an aromatic ring is 1. The summed E-state index contributed by atoms with van der Waals surface area (Å²) in [7, 11) is 0. The second kappa shape index (κ2) is 4.33. The molecule has 2 N–H and O–H groups in total. The SMILES string of the molecule is CCC1(Cn2nnnc2-c2cc(C)cc(N)c2)CC1. The summed E-state index contributed by atoms with van der Waals surface area (Å²) in [4.78, 5) is 0. The standard InChI is InChI=1S/C14H19N5/c1-3-14(4-5-14)9-19-13(16-17-18-19)11-6-10(2)7-12(15)8-11/h6-8H,3-5,9,15H2,1-2H3. The Balaban J connectivity index is 1.95. The van der Waals surface area contributed by atoms with Crippen molar-refractivity contribution in [3.63, 3.8) is 0 Å². The maximum Gasteiger partial charge on any atom is 0.182 e. The van der Waals surface area contributed by atoms with E-state index in [1.807, 2.05) is 23.7 Å². The van der Waals surface area contributed by atoms with Crippen LogP contribution in [-0.4, -0.2) is 20.2 Å². The summed E-state index contributed by atoms with van der Waals surface area (Å²) >= 11 is 0. The van der Waals surface area contributed by atoms with Crippen molar-refractivity contribution in [3.8, 4) is 11.4 Å². The molecule has 3 rings (SSSR count). The lowest BCUT2D eigenvalue weighted by molar-refractivity contribution is 0.382. The van der Waals surface area contributed by atoms with Gasteiger partial charge in [-0.05, 0) is 65.8 Å². The highest BCUT2D eigenvalue weighted by molar-refractivity contribution is 5.62. The number of anilines is 1. The van der Waals surface area contributed by atoms with Gasteiger partial charge in [0.05, 0.1) is 6.54 Å². The van der Waals surface area contributed by atoms with Crippen molar-refractivity contribution in [2.24, 2.45) is 5.41 Å². The molecule has 0 unspecified atom stereocenters. The van der Waals surface area contributed by atoms with E-state index in [0.29, 0.717) is 5.41 Å². The Kier molecular flexibility index (Phi) is 2.77. The van der Waals surface area contributed by atoms with Crippen LogP contribution in [0, 0.1) is 12.3 Å². The molecule has 1 aliphatic carbocycles. The Morgan fingerprint density at radius 1 is 1.32 bits per heavy atom. The molecule has 1 aromatic carbocycles. The number of hydrogen-bond acceptors (Lipinski definition) is 4. The number of rotatable bonds is 4. The number of nitrogens with zero attached hydrogens (tertiary/aromatic N) is 4. The quantitative estimate of drug-likeness (QED) is 0.854. The van der Waals surface area contributed by atoms with Gasteiger partial charge in [0, 0.05) is 11.3 Å². The smallest absolute Gasteiger partial charge is 0.182 e. The first-order valence-electron chi connectivity index (χ1n) is 6.76. The molecule has 5 heteroatoms. The van der Waals surface area contributed by atoms with Crippen LogP contribution < -0.4 is 5.73 Å². The Morgan fingerprint density at radius 2 is 2.11 bits per heavy atom. The van der Waals surface area contributed by atoms with Crippen LogP contribution in [0.4, 0.5) is 5.69 Å². The van der Waals surface area contributed by atoms with Crippen LogP contribution in [-0.2, 0) is 6.54 Å². The summed E-state index contributed by atoms with van der Waals surface area (Å²) < 4.78 is 1.92. The van der Waals surface area contributed by atoms with Gasteiger partial charge in [-0.3, -0.25) is 0 Å². The van der Waals surface area contributed by atoms with Crippen molar-refractivity contribution in [2.45, 2.75) is 39.7 Å². The minimum absolute atomic E-state index is 0.416. The van der Waals surface area contributed by atoms with Crippen LogP contribution in [0.5, 0.6) is 0 Å². The third kappa shape index (κ3) is 2.32. The van der Waals surface area contributed by atoms with E-state index in [1.165, 1.54) is 19.3 Å². The van der Waals surface area contributed by atoms with Crippen molar-refractivity contribution >= 4 is 5.69 Å². The molecule has 1 aromatic heterocycles. The van der Waals surface area contributed by atoms with Gasteiger partial charge >= 0.3 is 0 Å². The van der Waals surface area contributed by atoms with Crippen molar-refractivity contribution in [1.29, 1.82) is 0 Å². The highest BCUT2D eigenvalue weighted by Gasteiger charge is 2.41. The number of benzene rings is 1. The van der Waals surface area contributed by atoms with E-state index in [9.17, 15) is 0 Å². The predicted molar refractivity (Wildman–Crippen MR) is 74.4 cm³/mol. The monoisotopic (exact) mass is 257 g/mol. The molecule has 5 nitrogen and oxygen atoms in total. The van der Waals surface area contributed by atoms with Crippen molar-refractivity contribution in [2.75, 3.05) is 5.73 Å². The molecule has 0 bridgehead atoms. The first-order valence-corrected chi connectivity index (χ1v) is 6.76. The minimum Gasteiger partial charge on any atom is -0.399 e. The normalized spacial score (nSPS) is 16.5. The highest BCUT2D eigenvalue weighted by Crippen LogP contribution is 2.50. The van der Waals surface area contributed by atoms with E-state index < -0.39 is 0 Å². The fourth-order valence-corrected chi connectivity index (χ4v) is 2.58. The molecule has 100 valence electrons. The fraction of sp³-hybridized carbons (Fsp3) is 0.500. The zero-order valence-electron chi connectivity index (χ0n) is 11.4. The summed E-state index contributed by atoms with van der Waals surface area (Å²) in [5.41, 5.74) is 9.19. The zero-order chi connectivity index (χ0) is 13.5. The molecule has 0 saturated heterocycles. The molecule has 2 aromatic rings. The molecule has 1 saturated carbocycles. The summed E-state index contributed by atoms with van der Waals surface area (Å²) in [6, 6.07) is 5.96. The molecule has 1 heterocycles. The van der Waals surface area contributed by atoms with E-state index in [-0.39, 0.29) is 0 Å². The summed E-state index contributed by atoms with van der Waals surface area (Å²) in [6.45, 7) is 5.17. The van der Waals surface area contributed by atoms with Crippen LogP contribution in [0.25, 0.3) is 11.4 Å². The van der Waals surface area contributed by atoms with Gasteiger partial charge in [0.1, 0.15) is 0 Å². The highest BCUT2D eigenvalue weighted by atomic mass is 15.5. The lowest BCUT2D eigenvalue weighted by atomic mass is 10.0. The van der Waals surface area contributed by atoms with Gasteiger partial charge in [-0.15, -0.1) is 5.10 Å². The van der Waals surface area contributed by atoms with E-state index in [1.54, 1.807) is 0 Å². The van der Waals surface area contributed by atoms with Crippen molar-refractivity contribution in [1.82, 2.24) is 20.2 Å². The Hall–Kier alpha value is -1.91. The van der Waals surface area contributed by atoms with Gasteiger partial charge in [0.2, 0.25) is 0 Å². The van der Waals surface area contributed by atoms with Gasteiger partial charge < -0.3 is 5.73 Å². The Morgan fingerprint density at radius 3 is 2.74 bits per heavy atom. The van der Waals surface area contributed by atoms with Crippen LogP contribution >= 0.6 is 0 Å². The third-order valence-corrected chi connectivity index (χ3v) is 4.08. The summed E-state index contributed by atoms with van der Waals surface area (Å²) in [5.74, 6) is 0.815. The number of aryl methyl sites for hydroxylation is 1. The fourth-order valence-electron chi connectivity index (χ4n) is 2.58. The zero-order valence-corrected chi connectivity index (χ0v) is 11.4. The van der Waals surface area contributed by atoms with Gasteiger partial charge in [-0.25, -0.2) is 4.68 Å². The average molecular weight is 257 g/mol. The largest absolute Gasteiger partial charge is 0.399 e. The Labute approximate surface area is 112 Å². The van der Waals surface area contributed by atoms with E-state index >= 15 is 0 Å². The maximum absolute atomic E-state index is 5.90. The number of aromatic nitrogens is 4. The lowest BCUT2D eigenvalue weighted by Gasteiger charge is -2.13. The number of nitrogens with two attached hydrogens (primary N) is 1. The molecule has 19 heavy (non-hydrogen) atoms. The second-order valence-electron chi connectivity index (χ2n) is 5.65. The summed E-state index contributed by atoms with van der Waals surface area (Å²) in [5, 5.41) is 12.1. The molecule has 1 fully saturated rings. The lowest BCUT2D eigenvalue weighted by Crippen LogP contribution is -2.13. The molecule has 0 amide bonds. The van der Waals surface area contributed by atoms with Gasteiger partial charge in [-0.1, -0.05) is 6.92 Å². The van der Waals surface area contributed by atoms with Crippen molar-refractivity contribution < 1.29 is 0 Å². The number of hydrogen-bond donors (Lipinski definition) is 1. The van der Waals surface area contributed by atoms with Crippen LogP contribution in [0.2, 0.25) is 0 Å². The first-order chi connectivity index (χ1) is 9.12. The van der Waals surface area contributed by atoms with E-state index in [4.69, 9.17) is 5.73 Å². The molecule has 0 spiro atoms. The molecular formula is C14H19N5. The van der Waals surface area contributed by atoms with Crippen LogP contribution in [0.15, 0.2) is 18.2 Å². The summed E-state index contributed by atoms with van der Waals surface area (Å²) in [6.07, 6.45) is 3.74. The van der Waals surface area contributed by atoms with Gasteiger partial charge in [-0.2, -0.15) is 0 Å². The van der Waals surface area contributed by atoms with Crippen LogP contribution in [0.3, 0.4) is 0 Å². The van der Waals surface area contributed by atoms with Gasteiger partial charge in [0.25, 0.3) is 0 Å². The molecular weight excluding hydrogens is 238 g/mol. The van der Waals surface area contributed by atoms with E-state index in [0.717, 1.165) is 29.2 Å². The topological polar surface area (TPSA) is 69.6 Å². The molecule has 0 radical (unpaired) electrons. The second-order valence-corrected chi connectivity index (χ2v) is 5.65. The molecule has 1 aliphatic rings. The molecule has 0 atom stereocenters. The van der Waals surface area contributed by atoms with E-state index in [2.05, 4.69) is 28.5 Å². The molecule has 0 aliphatic heterocycles. The van der Waals surface area contributed by atoms with Crippen LogP contribution in [0.1, 0.15) is 31.7 Å². The maximum atomic E-state index is 5.90. The van der Waals surface area contributed by atoms with Gasteiger partial charge in [0.15, 0.2) is 5.82 Å². The van der Waals surface area contributed by atoms with Crippen molar-refractivity contribution in [3.05, 3.63) is 23.8 Å². The average Bonchev–Trinajstić information content (AvgIpc) is 2.98. The Bertz CT molecular complexity index is 577. The first kappa shape index (κ1) is 12.1. The number of tetrazole rings is 1. The third-order valence-electron chi connectivity index (χ3n) is 4.08. The predicted octanol–water partition coefficient (Wildman–Crippen LogP) is 2.42. The minimum atomic E-state index is 0.416.